The van der Waals surface area contributed by atoms with Crippen LogP contribution in [0.5, 0.6) is 5.88 Å². The van der Waals surface area contributed by atoms with E-state index >= 15 is 0 Å². The molecular weight excluding hydrogens is 392 g/mol. The molecule has 2 atom stereocenters. The van der Waals surface area contributed by atoms with Gasteiger partial charge in [0.1, 0.15) is 6.10 Å². The predicted octanol–water partition coefficient (Wildman–Crippen LogP) is 4.59. The van der Waals surface area contributed by atoms with Crippen LogP contribution in [0, 0.1) is 5.92 Å². The summed E-state index contributed by atoms with van der Waals surface area (Å²) in [5.41, 5.74) is 2.18. The van der Waals surface area contributed by atoms with Gasteiger partial charge in [0.15, 0.2) is 0 Å². The standard InChI is InChI=1S/C21H23BrN2O2/c22-16-7-3-5-14(11-16)18-12-19(18)20(25)24-13-15-6-4-10-23-21(15)26-17-8-1-2-9-17/h3-7,10-11,17-19H,1-2,8-9,12-13H2,(H,24,25). The number of pyridine rings is 1. The highest BCUT2D eigenvalue weighted by Gasteiger charge is 2.43. The van der Waals surface area contributed by atoms with Crippen molar-refractivity contribution in [1.29, 1.82) is 0 Å². The predicted molar refractivity (Wildman–Crippen MR) is 104 cm³/mol. The van der Waals surface area contributed by atoms with E-state index in [-0.39, 0.29) is 17.9 Å². The van der Waals surface area contributed by atoms with Crippen molar-refractivity contribution in [2.75, 3.05) is 0 Å². The second kappa shape index (κ2) is 7.78. The Kier molecular flexibility index (Phi) is 5.25. The molecule has 1 aromatic heterocycles. The number of rotatable bonds is 6. The van der Waals surface area contributed by atoms with Crippen molar-refractivity contribution in [3.05, 3.63) is 58.2 Å². The summed E-state index contributed by atoms with van der Waals surface area (Å²) < 4.78 is 7.11. The molecule has 0 bridgehead atoms. The molecule has 2 saturated carbocycles. The zero-order chi connectivity index (χ0) is 17.9. The molecule has 0 saturated heterocycles. The van der Waals surface area contributed by atoms with Crippen molar-refractivity contribution in [3.8, 4) is 5.88 Å². The molecule has 136 valence electrons. The fourth-order valence-corrected chi connectivity index (χ4v) is 4.15. The van der Waals surface area contributed by atoms with E-state index in [0.29, 0.717) is 18.3 Å². The van der Waals surface area contributed by atoms with Gasteiger partial charge < -0.3 is 10.1 Å². The zero-order valence-corrected chi connectivity index (χ0v) is 16.2. The van der Waals surface area contributed by atoms with Crippen LogP contribution in [0.25, 0.3) is 0 Å². The zero-order valence-electron chi connectivity index (χ0n) is 14.7. The van der Waals surface area contributed by atoms with Gasteiger partial charge in [0, 0.05) is 28.7 Å². The lowest BCUT2D eigenvalue weighted by molar-refractivity contribution is -0.122. The van der Waals surface area contributed by atoms with Crippen LogP contribution in [-0.4, -0.2) is 17.0 Å². The molecule has 0 aliphatic heterocycles. The van der Waals surface area contributed by atoms with Gasteiger partial charge in [0.05, 0.1) is 0 Å². The Hall–Kier alpha value is -1.88. The van der Waals surface area contributed by atoms with Gasteiger partial charge in [-0.25, -0.2) is 4.98 Å². The SMILES string of the molecule is O=C(NCc1cccnc1OC1CCCC1)C1CC1c1cccc(Br)c1. The second-order valence-corrected chi connectivity index (χ2v) is 8.13. The fourth-order valence-electron chi connectivity index (χ4n) is 3.73. The van der Waals surface area contributed by atoms with Crippen molar-refractivity contribution in [2.24, 2.45) is 5.92 Å². The van der Waals surface area contributed by atoms with Crippen molar-refractivity contribution >= 4 is 21.8 Å². The topological polar surface area (TPSA) is 51.2 Å². The van der Waals surface area contributed by atoms with Crippen LogP contribution in [0.2, 0.25) is 0 Å². The summed E-state index contributed by atoms with van der Waals surface area (Å²) in [5.74, 6) is 1.18. The number of halogens is 1. The van der Waals surface area contributed by atoms with Gasteiger partial charge in [-0.3, -0.25) is 4.79 Å². The Balaban J connectivity index is 1.34. The van der Waals surface area contributed by atoms with E-state index < -0.39 is 0 Å². The monoisotopic (exact) mass is 414 g/mol. The average molecular weight is 415 g/mol. The Morgan fingerprint density at radius 2 is 2.08 bits per heavy atom. The van der Waals surface area contributed by atoms with E-state index in [4.69, 9.17) is 4.74 Å². The van der Waals surface area contributed by atoms with Crippen molar-refractivity contribution < 1.29 is 9.53 Å². The molecule has 4 nitrogen and oxygen atoms in total. The van der Waals surface area contributed by atoms with Crippen LogP contribution in [-0.2, 0) is 11.3 Å². The lowest BCUT2D eigenvalue weighted by Crippen LogP contribution is -2.25. The Bertz CT molecular complexity index is 789. The lowest BCUT2D eigenvalue weighted by Gasteiger charge is -2.15. The number of nitrogens with zero attached hydrogens (tertiary/aromatic N) is 1. The summed E-state index contributed by atoms with van der Waals surface area (Å²) in [4.78, 5) is 16.9. The van der Waals surface area contributed by atoms with Crippen LogP contribution in [0.3, 0.4) is 0 Å². The number of benzene rings is 1. The van der Waals surface area contributed by atoms with Crippen molar-refractivity contribution in [2.45, 2.75) is 50.7 Å². The summed E-state index contributed by atoms with van der Waals surface area (Å²) in [5, 5.41) is 3.07. The van der Waals surface area contributed by atoms with E-state index in [1.807, 2.05) is 24.3 Å². The molecule has 26 heavy (non-hydrogen) atoms. The van der Waals surface area contributed by atoms with E-state index in [1.165, 1.54) is 18.4 Å². The van der Waals surface area contributed by atoms with Gasteiger partial charge in [-0.2, -0.15) is 0 Å². The molecule has 2 unspecified atom stereocenters. The Morgan fingerprint density at radius 1 is 1.23 bits per heavy atom. The van der Waals surface area contributed by atoms with Gasteiger partial charge >= 0.3 is 0 Å². The Labute approximate surface area is 162 Å². The van der Waals surface area contributed by atoms with Crippen molar-refractivity contribution in [1.82, 2.24) is 10.3 Å². The second-order valence-electron chi connectivity index (χ2n) is 7.21. The van der Waals surface area contributed by atoms with E-state index in [1.54, 1.807) is 6.20 Å². The first-order valence-corrected chi connectivity index (χ1v) is 10.1. The minimum absolute atomic E-state index is 0.0696. The third kappa shape index (κ3) is 4.09. The summed E-state index contributed by atoms with van der Waals surface area (Å²) >= 11 is 3.50. The van der Waals surface area contributed by atoms with Crippen LogP contribution in [0.4, 0.5) is 0 Å². The van der Waals surface area contributed by atoms with Crippen LogP contribution in [0.1, 0.15) is 49.1 Å². The third-order valence-corrected chi connectivity index (χ3v) is 5.78. The number of aromatic nitrogens is 1. The average Bonchev–Trinajstić information content (AvgIpc) is 3.30. The molecule has 2 aromatic rings. The number of hydrogen-bond acceptors (Lipinski definition) is 3. The maximum atomic E-state index is 12.5. The summed E-state index contributed by atoms with van der Waals surface area (Å²) in [7, 11) is 0. The summed E-state index contributed by atoms with van der Waals surface area (Å²) in [6.07, 6.45) is 7.58. The first kappa shape index (κ1) is 17.5. The molecule has 1 amide bonds. The highest BCUT2D eigenvalue weighted by atomic mass is 79.9. The molecule has 1 heterocycles. The smallest absolute Gasteiger partial charge is 0.224 e. The van der Waals surface area contributed by atoms with Gasteiger partial charge in [-0.1, -0.05) is 34.1 Å². The first-order valence-electron chi connectivity index (χ1n) is 9.34. The molecule has 0 radical (unpaired) electrons. The van der Waals surface area contributed by atoms with Gasteiger partial charge in [-0.05, 0) is 61.8 Å². The normalized spacial score (nSPS) is 22.2. The maximum absolute atomic E-state index is 12.5. The van der Waals surface area contributed by atoms with E-state index in [0.717, 1.165) is 29.3 Å². The van der Waals surface area contributed by atoms with Crippen LogP contribution >= 0.6 is 15.9 Å². The number of carbonyl (C=O) groups is 1. The molecular formula is C21H23BrN2O2. The lowest BCUT2D eigenvalue weighted by atomic mass is 10.1. The minimum atomic E-state index is 0.0696. The highest BCUT2D eigenvalue weighted by Crippen LogP contribution is 2.48. The molecule has 1 N–H and O–H groups in total. The largest absolute Gasteiger partial charge is 0.474 e. The number of hydrogen-bond donors (Lipinski definition) is 1. The van der Waals surface area contributed by atoms with Crippen LogP contribution < -0.4 is 10.1 Å². The third-order valence-electron chi connectivity index (χ3n) is 5.29. The van der Waals surface area contributed by atoms with Gasteiger partial charge in [0.2, 0.25) is 11.8 Å². The summed E-state index contributed by atoms with van der Waals surface area (Å²) in [6, 6.07) is 12.1. The molecule has 4 rings (SSSR count). The molecule has 2 aliphatic carbocycles. The molecule has 0 spiro atoms. The van der Waals surface area contributed by atoms with Crippen LogP contribution in [0.15, 0.2) is 47.1 Å². The molecule has 2 fully saturated rings. The number of ether oxygens (including phenoxy) is 1. The van der Waals surface area contributed by atoms with E-state index in [2.05, 4.69) is 38.4 Å². The minimum Gasteiger partial charge on any atom is -0.474 e. The number of carbonyl (C=O) groups excluding carboxylic acids is 1. The Morgan fingerprint density at radius 3 is 2.88 bits per heavy atom. The number of nitrogens with one attached hydrogen (secondary N) is 1. The fraction of sp³-hybridized carbons (Fsp3) is 0.429. The molecule has 1 aromatic carbocycles. The first-order chi connectivity index (χ1) is 12.7. The van der Waals surface area contributed by atoms with E-state index in [9.17, 15) is 4.79 Å². The molecule has 5 heteroatoms. The summed E-state index contributed by atoms with van der Waals surface area (Å²) in [6.45, 7) is 0.469. The van der Waals surface area contributed by atoms with Gasteiger partial charge in [0.25, 0.3) is 0 Å². The maximum Gasteiger partial charge on any atom is 0.224 e. The number of amides is 1. The van der Waals surface area contributed by atoms with Crippen molar-refractivity contribution in [3.63, 3.8) is 0 Å². The quantitative estimate of drug-likeness (QED) is 0.751. The highest BCUT2D eigenvalue weighted by molar-refractivity contribution is 9.10. The van der Waals surface area contributed by atoms with Gasteiger partial charge in [-0.15, -0.1) is 0 Å². The molecule has 2 aliphatic rings.